The van der Waals surface area contributed by atoms with Gasteiger partial charge >= 0.3 is 12.4 Å². The van der Waals surface area contributed by atoms with Gasteiger partial charge in [0.15, 0.2) is 11.5 Å². The molecule has 0 amide bonds. The van der Waals surface area contributed by atoms with Crippen molar-refractivity contribution in [3.63, 3.8) is 0 Å². The van der Waals surface area contributed by atoms with Crippen molar-refractivity contribution in [1.82, 2.24) is 14.8 Å². The molecule has 3 rings (SSSR count). The standard InChI is InChI=1S/C18H13F6N3O3/c19-17(20,21)13-5-4-9(6-25-13)7-27-8-10(16(26-27)18(22,23)24)15(30)14-11(28)2-1-3-12(14)29/h4-6,8,28H,1-3,7H2. The first kappa shape index (κ1) is 21.5. The van der Waals surface area contributed by atoms with Crippen molar-refractivity contribution in [3.8, 4) is 0 Å². The number of Topliss-reactive ketones (excluding diaryl/α,β-unsaturated/α-hetero) is 2. The average molecular weight is 433 g/mol. The van der Waals surface area contributed by atoms with Crippen LogP contribution in [-0.4, -0.2) is 31.4 Å². The van der Waals surface area contributed by atoms with Crippen molar-refractivity contribution >= 4 is 11.6 Å². The van der Waals surface area contributed by atoms with Crippen molar-refractivity contribution in [3.05, 3.63) is 58.4 Å². The maximum absolute atomic E-state index is 13.4. The van der Waals surface area contributed by atoms with Crippen LogP contribution in [0.3, 0.4) is 0 Å². The zero-order valence-corrected chi connectivity index (χ0v) is 15.0. The molecule has 160 valence electrons. The van der Waals surface area contributed by atoms with Crippen LogP contribution in [0.1, 0.15) is 46.6 Å². The number of allylic oxidation sites excluding steroid dienone is 2. The van der Waals surface area contributed by atoms with Crippen molar-refractivity contribution in [2.45, 2.75) is 38.2 Å². The molecule has 0 bridgehead atoms. The van der Waals surface area contributed by atoms with E-state index in [2.05, 4.69) is 10.1 Å². The van der Waals surface area contributed by atoms with E-state index < -0.39 is 58.7 Å². The lowest BCUT2D eigenvalue weighted by Crippen LogP contribution is -2.21. The lowest BCUT2D eigenvalue weighted by Gasteiger charge is -2.14. The fourth-order valence-corrected chi connectivity index (χ4v) is 2.97. The number of pyridine rings is 1. The molecule has 2 aromatic heterocycles. The first-order valence-electron chi connectivity index (χ1n) is 8.54. The second-order valence-corrected chi connectivity index (χ2v) is 6.56. The highest BCUT2D eigenvalue weighted by atomic mass is 19.4. The molecule has 0 atom stereocenters. The van der Waals surface area contributed by atoms with Crippen LogP contribution < -0.4 is 0 Å². The van der Waals surface area contributed by atoms with E-state index in [0.717, 1.165) is 18.5 Å². The van der Waals surface area contributed by atoms with Gasteiger partial charge in [-0.15, -0.1) is 0 Å². The summed E-state index contributed by atoms with van der Waals surface area (Å²) in [6, 6.07) is 1.68. The van der Waals surface area contributed by atoms with E-state index in [-0.39, 0.29) is 24.8 Å². The number of carbonyl (C=O) groups excluding carboxylic acids is 2. The van der Waals surface area contributed by atoms with E-state index >= 15 is 0 Å². The van der Waals surface area contributed by atoms with Crippen LogP contribution in [0.5, 0.6) is 0 Å². The third kappa shape index (κ3) is 4.36. The van der Waals surface area contributed by atoms with E-state index in [1.54, 1.807) is 0 Å². The number of aliphatic hydroxyl groups is 1. The lowest BCUT2D eigenvalue weighted by atomic mass is 9.90. The minimum atomic E-state index is -5.04. The molecule has 1 aliphatic carbocycles. The maximum atomic E-state index is 13.4. The number of nitrogens with zero attached hydrogens (tertiary/aromatic N) is 3. The van der Waals surface area contributed by atoms with Crippen LogP contribution in [0.2, 0.25) is 0 Å². The second-order valence-electron chi connectivity index (χ2n) is 6.56. The summed E-state index contributed by atoms with van der Waals surface area (Å²) >= 11 is 0. The van der Waals surface area contributed by atoms with Gasteiger partial charge in [-0.3, -0.25) is 19.3 Å². The molecule has 0 aliphatic heterocycles. The first-order valence-corrected chi connectivity index (χ1v) is 8.54. The molecule has 0 fully saturated rings. The highest BCUT2D eigenvalue weighted by Gasteiger charge is 2.41. The Morgan fingerprint density at radius 2 is 1.80 bits per heavy atom. The van der Waals surface area contributed by atoms with Crippen LogP contribution in [0.25, 0.3) is 0 Å². The molecular formula is C18H13F6N3O3. The van der Waals surface area contributed by atoms with Gasteiger partial charge in [0.2, 0.25) is 5.78 Å². The van der Waals surface area contributed by atoms with Crippen LogP contribution >= 0.6 is 0 Å². The summed E-state index contributed by atoms with van der Waals surface area (Å²) in [5.41, 5.74) is -4.27. The number of aliphatic hydroxyl groups excluding tert-OH is 1. The van der Waals surface area contributed by atoms with Crippen molar-refractivity contribution in [1.29, 1.82) is 0 Å². The van der Waals surface area contributed by atoms with Crippen molar-refractivity contribution in [2.75, 3.05) is 0 Å². The van der Waals surface area contributed by atoms with Crippen LogP contribution in [-0.2, 0) is 23.7 Å². The van der Waals surface area contributed by atoms with Crippen LogP contribution in [0.15, 0.2) is 35.9 Å². The largest absolute Gasteiger partial charge is 0.511 e. The molecule has 30 heavy (non-hydrogen) atoms. The number of halogens is 6. The normalized spacial score (nSPS) is 15.6. The van der Waals surface area contributed by atoms with Crippen molar-refractivity contribution in [2.24, 2.45) is 0 Å². The highest BCUT2D eigenvalue weighted by molar-refractivity contribution is 6.27. The first-order chi connectivity index (χ1) is 13.9. The lowest BCUT2D eigenvalue weighted by molar-refractivity contribution is -0.142. The number of aromatic nitrogens is 3. The topological polar surface area (TPSA) is 85.1 Å². The predicted octanol–water partition coefficient (Wildman–Crippen LogP) is 4.11. The Bertz CT molecular complexity index is 1020. The summed E-state index contributed by atoms with van der Waals surface area (Å²) in [6.45, 7) is -0.402. The third-order valence-corrected chi connectivity index (χ3v) is 4.35. The average Bonchev–Trinajstić information content (AvgIpc) is 3.05. The molecule has 0 unspecified atom stereocenters. The van der Waals surface area contributed by atoms with Gasteiger partial charge in [-0.25, -0.2) is 0 Å². The zero-order valence-electron chi connectivity index (χ0n) is 15.0. The van der Waals surface area contributed by atoms with E-state index in [1.807, 2.05) is 0 Å². The van der Waals surface area contributed by atoms with E-state index in [1.165, 1.54) is 0 Å². The van der Waals surface area contributed by atoms with Crippen LogP contribution in [0.4, 0.5) is 26.3 Å². The van der Waals surface area contributed by atoms with Gasteiger partial charge in [-0.2, -0.15) is 31.4 Å². The third-order valence-electron chi connectivity index (χ3n) is 4.35. The van der Waals surface area contributed by atoms with E-state index in [4.69, 9.17) is 0 Å². The van der Waals surface area contributed by atoms with Gasteiger partial charge in [0.05, 0.1) is 12.1 Å². The molecule has 1 N–H and O–H groups in total. The monoisotopic (exact) mass is 433 g/mol. The second kappa shape index (κ2) is 7.58. The number of alkyl halides is 6. The molecule has 2 aromatic rings. The maximum Gasteiger partial charge on any atom is 0.435 e. The minimum absolute atomic E-state index is 0.0144. The van der Waals surface area contributed by atoms with E-state index in [9.17, 15) is 41.0 Å². The van der Waals surface area contributed by atoms with Crippen LogP contribution in [0, 0.1) is 0 Å². The quantitative estimate of drug-likeness (QED) is 0.446. The molecule has 1 aliphatic rings. The highest BCUT2D eigenvalue weighted by Crippen LogP contribution is 2.34. The number of rotatable bonds is 4. The summed E-state index contributed by atoms with van der Waals surface area (Å²) in [5, 5.41) is 13.1. The van der Waals surface area contributed by atoms with Gasteiger partial charge in [-0.05, 0) is 18.1 Å². The molecule has 12 heteroatoms. The summed E-state index contributed by atoms with van der Waals surface area (Å²) in [5.74, 6) is -2.65. The molecular weight excluding hydrogens is 420 g/mol. The number of carbonyl (C=O) groups is 2. The van der Waals surface area contributed by atoms with Gasteiger partial charge in [0.1, 0.15) is 17.0 Å². The molecule has 0 saturated heterocycles. The smallest absolute Gasteiger partial charge is 0.435 e. The zero-order chi connectivity index (χ0) is 22.3. The molecule has 0 spiro atoms. The Morgan fingerprint density at radius 3 is 2.33 bits per heavy atom. The molecule has 0 radical (unpaired) electrons. The molecule has 0 aromatic carbocycles. The SMILES string of the molecule is O=C1CCCC(O)=C1C(=O)c1cn(Cc2ccc(C(F)(F)F)nc2)nc1C(F)(F)F. The van der Waals surface area contributed by atoms with Crippen molar-refractivity contribution < 1.29 is 41.0 Å². The summed E-state index contributed by atoms with van der Waals surface area (Å²) in [6.07, 6.45) is -7.97. The summed E-state index contributed by atoms with van der Waals surface area (Å²) in [4.78, 5) is 27.7. The van der Waals surface area contributed by atoms with Gasteiger partial charge in [0.25, 0.3) is 0 Å². The Balaban J connectivity index is 1.96. The number of hydrogen-bond donors (Lipinski definition) is 1. The van der Waals surface area contributed by atoms with Gasteiger partial charge < -0.3 is 5.11 Å². The Morgan fingerprint density at radius 1 is 1.10 bits per heavy atom. The van der Waals surface area contributed by atoms with E-state index in [0.29, 0.717) is 10.7 Å². The Hall–Kier alpha value is -3.18. The summed E-state index contributed by atoms with van der Waals surface area (Å²) in [7, 11) is 0. The predicted molar refractivity (Wildman–Crippen MR) is 88.4 cm³/mol. The number of hydrogen-bond acceptors (Lipinski definition) is 5. The molecule has 2 heterocycles. The Kier molecular flexibility index (Phi) is 5.44. The fourth-order valence-electron chi connectivity index (χ4n) is 2.97. The van der Waals surface area contributed by atoms with Gasteiger partial charge in [0, 0.05) is 25.2 Å². The number of ketones is 2. The summed E-state index contributed by atoms with van der Waals surface area (Å²) < 4.78 is 78.6. The molecule has 6 nitrogen and oxygen atoms in total. The minimum Gasteiger partial charge on any atom is -0.511 e. The van der Waals surface area contributed by atoms with Gasteiger partial charge in [-0.1, -0.05) is 6.07 Å². The fraction of sp³-hybridized carbons (Fsp3) is 0.333. The Labute approximate surface area is 164 Å². The molecule has 0 saturated carbocycles.